The maximum atomic E-state index is 12.7. The lowest BCUT2D eigenvalue weighted by molar-refractivity contribution is -0.132. The number of nitrogens with zero attached hydrogens (tertiary/aromatic N) is 3. The van der Waals surface area contributed by atoms with Gasteiger partial charge in [-0.3, -0.25) is 14.6 Å². The Morgan fingerprint density at radius 3 is 2.39 bits per heavy atom. The van der Waals surface area contributed by atoms with E-state index in [-0.39, 0.29) is 11.9 Å². The van der Waals surface area contributed by atoms with Gasteiger partial charge in [-0.05, 0) is 24.0 Å². The van der Waals surface area contributed by atoms with Gasteiger partial charge in [-0.25, -0.2) is 8.42 Å². The Balaban J connectivity index is 1.24. The van der Waals surface area contributed by atoms with Crippen LogP contribution in [0.1, 0.15) is 18.4 Å². The zero-order chi connectivity index (χ0) is 19.6. The fraction of sp³-hybridized carbons (Fsp3) is 0.571. The molecule has 0 radical (unpaired) electrons. The van der Waals surface area contributed by atoms with E-state index >= 15 is 0 Å². The number of piperazine rings is 1. The highest BCUT2D eigenvalue weighted by Crippen LogP contribution is 2.22. The van der Waals surface area contributed by atoms with Gasteiger partial charge in [-0.2, -0.15) is 0 Å². The lowest BCUT2D eigenvalue weighted by Crippen LogP contribution is -2.53. The van der Waals surface area contributed by atoms with E-state index in [1.54, 1.807) is 0 Å². The molecule has 3 aliphatic heterocycles. The van der Waals surface area contributed by atoms with E-state index in [4.69, 9.17) is 0 Å². The van der Waals surface area contributed by atoms with E-state index in [2.05, 4.69) is 28.0 Å². The fourth-order valence-electron chi connectivity index (χ4n) is 4.45. The third-order valence-corrected chi connectivity index (χ3v) is 7.95. The Labute approximate surface area is 167 Å². The first-order valence-corrected chi connectivity index (χ1v) is 12.0. The van der Waals surface area contributed by atoms with Gasteiger partial charge in [-0.1, -0.05) is 36.4 Å². The molecule has 7 heteroatoms. The molecule has 6 nitrogen and oxygen atoms in total. The predicted molar refractivity (Wildman–Crippen MR) is 111 cm³/mol. The van der Waals surface area contributed by atoms with Crippen LogP contribution >= 0.6 is 0 Å². The van der Waals surface area contributed by atoms with Crippen molar-refractivity contribution in [3.05, 3.63) is 42.0 Å². The van der Waals surface area contributed by atoms with Gasteiger partial charge in [0.25, 0.3) is 0 Å². The monoisotopic (exact) mass is 403 g/mol. The Bertz CT molecular complexity index is 830. The number of carbonyl (C=O) groups is 1. The average Bonchev–Trinajstić information content (AvgIpc) is 3.09. The normalized spacial score (nSPS) is 26.2. The summed E-state index contributed by atoms with van der Waals surface area (Å²) in [5.74, 6) is 0.819. The molecule has 0 saturated carbocycles. The van der Waals surface area contributed by atoms with Crippen molar-refractivity contribution < 1.29 is 13.2 Å². The second-order valence-corrected chi connectivity index (χ2v) is 10.3. The van der Waals surface area contributed by atoms with Gasteiger partial charge in [0.05, 0.1) is 18.1 Å². The summed E-state index contributed by atoms with van der Waals surface area (Å²) in [5, 5.41) is 0. The second-order valence-electron chi connectivity index (χ2n) is 8.05. The molecule has 1 amide bonds. The van der Waals surface area contributed by atoms with Crippen LogP contribution in [0.2, 0.25) is 0 Å². The molecule has 28 heavy (non-hydrogen) atoms. The van der Waals surface area contributed by atoms with E-state index in [0.29, 0.717) is 24.6 Å². The predicted octanol–water partition coefficient (Wildman–Crippen LogP) is 1.11. The van der Waals surface area contributed by atoms with Crippen LogP contribution < -0.4 is 0 Å². The maximum Gasteiger partial charge on any atom is 0.237 e. The molecule has 0 spiro atoms. The van der Waals surface area contributed by atoms with Gasteiger partial charge < -0.3 is 4.90 Å². The van der Waals surface area contributed by atoms with E-state index in [0.717, 1.165) is 45.6 Å². The lowest BCUT2D eigenvalue weighted by atomic mass is 9.99. The largest absolute Gasteiger partial charge is 0.338 e. The average molecular weight is 404 g/mol. The molecule has 0 aromatic heterocycles. The smallest absolute Gasteiger partial charge is 0.237 e. The van der Waals surface area contributed by atoms with Crippen molar-refractivity contribution in [3.63, 3.8) is 0 Å². The Morgan fingerprint density at radius 2 is 1.79 bits per heavy atom. The minimum Gasteiger partial charge on any atom is -0.338 e. The van der Waals surface area contributed by atoms with Gasteiger partial charge in [0.15, 0.2) is 9.84 Å². The minimum absolute atomic E-state index is 0.173. The molecular formula is C21H29N3O3S. The molecule has 3 heterocycles. The highest BCUT2D eigenvalue weighted by molar-refractivity contribution is 7.91. The molecule has 1 aromatic rings. The molecule has 1 unspecified atom stereocenters. The molecule has 2 saturated heterocycles. The summed E-state index contributed by atoms with van der Waals surface area (Å²) >= 11 is 0. The van der Waals surface area contributed by atoms with Crippen LogP contribution in [0.15, 0.2) is 36.4 Å². The lowest BCUT2D eigenvalue weighted by Gasteiger charge is -2.38. The summed E-state index contributed by atoms with van der Waals surface area (Å²) in [6, 6.07) is 10.5. The van der Waals surface area contributed by atoms with Gasteiger partial charge in [0.1, 0.15) is 0 Å². The number of benzene rings is 1. The topological polar surface area (TPSA) is 60.9 Å². The van der Waals surface area contributed by atoms with Crippen LogP contribution in [0.3, 0.4) is 0 Å². The van der Waals surface area contributed by atoms with Crippen molar-refractivity contribution in [1.82, 2.24) is 14.7 Å². The SMILES string of the molecule is O=C(CN1CCN(C2CCS(=O)(=O)C2)CC1)N1CC=C(c2ccccc2)CC1. The third-order valence-electron chi connectivity index (χ3n) is 6.20. The second kappa shape index (κ2) is 8.35. The van der Waals surface area contributed by atoms with E-state index in [1.165, 1.54) is 11.1 Å². The zero-order valence-electron chi connectivity index (χ0n) is 16.3. The first kappa shape index (κ1) is 19.6. The minimum atomic E-state index is -2.84. The van der Waals surface area contributed by atoms with Gasteiger partial charge in [0.2, 0.25) is 5.91 Å². The van der Waals surface area contributed by atoms with E-state index < -0.39 is 9.84 Å². The third kappa shape index (κ3) is 4.64. The number of carbonyl (C=O) groups excluding carboxylic acids is 1. The molecule has 0 bridgehead atoms. The van der Waals surface area contributed by atoms with Crippen LogP contribution in [-0.2, 0) is 14.6 Å². The molecule has 4 rings (SSSR count). The first-order valence-electron chi connectivity index (χ1n) is 10.2. The van der Waals surface area contributed by atoms with Crippen molar-refractivity contribution in [2.24, 2.45) is 0 Å². The summed E-state index contributed by atoms with van der Waals surface area (Å²) in [6.45, 7) is 5.30. The Kier molecular flexibility index (Phi) is 5.85. The number of sulfone groups is 1. The van der Waals surface area contributed by atoms with Gasteiger partial charge in [-0.15, -0.1) is 0 Å². The number of amides is 1. The van der Waals surface area contributed by atoms with Gasteiger partial charge >= 0.3 is 0 Å². The van der Waals surface area contributed by atoms with Crippen LogP contribution in [0.25, 0.3) is 5.57 Å². The molecule has 0 aliphatic carbocycles. The molecule has 3 aliphatic rings. The summed E-state index contributed by atoms with van der Waals surface area (Å²) in [6.07, 6.45) is 3.83. The summed E-state index contributed by atoms with van der Waals surface area (Å²) in [7, 11) is -2.84. The van der Waals surface area contributed by atoms with Crippen molar-refractivity contribution >= 4 is 21.3 Å². The maximum absolute atomic E-state index is 12.7. The van der Waals surface area contributed by atoms with Crippen LogP contribution in [0.4, 0.5) is 0 Å². The molecule has 152 valence electrons. The van der Waals surface area contributed by atoms with Crippen LogP contribution in [0, 0.1) is 0 Å². The standard InChI is InChI=1S/C21H29N3O3S/c25-21(24-9-6-19(7-10-24)18-4-2-1-3-5-18)16-22-11-13-23(14-12-22)20-8-15-28(26,27)17-20/h1-6,20H,7-17H2. The molecule has 1 atom stereocenters. The zero-order valence-corrected chi connectivity index (χ0v) is 17.1. The summed E-state index contributed by atoms with van der Waals surface area (Å²) in [5.41, 5.74) is 2.57. The van der Waals surface area contributed by atoms with E-state index in [9.17, 15) is 13.2 Å². The van der Waals surface area contributed by atoms with E-state index in [1.807, 2.05) is 23.1 Å². The van der Waals surface area contributed by atoms with Crippen molar-refractivity contribution in [2.75, 3.05) is 57.3 Å². The molecule has 2 fully saturated rings. The van der Waals surface area contributed by atoms with Gasteiger partial charge in [0, 0.05) is 45.3 Å². The Hall–Kier alpha value is -1.70. The summed E-state index contributed by atoms with van der Waals surface area (Å²) in [4.78, 5) is 19.1. The molecular weight excluding hydrogens is 374 g/mol. The first-order chi connectivity index (χ1) is 13.5. The molecule has 0 N–H and O–H groups in total. The molecule has 1 aromatic carbocycles. The highest BCUT2D eigenvalue weighted by atomic mass is 32.2. The number of hydrogen-bond acceptors (Lipinski definition) is 5. The van der Waals surface area contributed by atoms with Crippen molar-refractivity contribution in [3.8, 4) is 0 Å². The van der Waals surface area contributed by atoms with Crippen LogP contribution in [0.5, 0.6) is 0 Å². The number of rotatable bonds is 4. The quantitative estimate of drug-likeness (QED) is 0.754. The van der Waals surface area contributed by atoms with Crippen LogP contribution in [-0.4, -0.2) is 92.4 Å². The Morgan fingerprint density at radius 1 is 1.04 bits per heavy atom. The van der Waals surface area contributed by atoms with Crippen molar-refractivity contribution in [2.45, 2.75) is 18.9 Å². The highest BCUT2D eigenvalue weighted by Gasteiger charge is 2.34. The number of hydrogen-bond donors (Lipinski definition) is 0. The summed E-state index contributed by atoms with van der Waals surface area (Å²) < 4.78 is 23.4. The fourth-order valence-corrected chi connectivity index (χ4v) is 6.21. The van der Waals surface area contributed by atoms with Crippen molar-refractivity contribution in [1.29, 1.82) is 0 Å².